The maximum absolute atomic E-state index is 12.7. The SMILES string of the molecule is O=C(/C=C/c1ccco1)Oc1ccc2c(=O)c(-c3ccccc3)coc2c1. The number of esters is 1. The number of ether oxygens (including phenoxy) is 1. The fourth-order valence-corrected chi connectivity index (χ4v) is 2.68. The molecule has 4 aromatic rings. The number of hydrogen-bond acceptors (Lipinski definition) is 5. The zero-order valence-corrected chi connectivity index (χ0v) is 14.1. The standard InChI is InChI=1S/C22H14O5/c23-21(11-9-16-7-4-12-25-16)27-17-8-10-18-20(13-17)26-14-19(22(18)24)15-5-2-1-3-6-15/h1-14H/b11-9+. The van der Waals surface area contributed by atoms with E-state index in [0.29, 0.717) is 22.3 Å². The van der Waals surface area contributed by atoms with Gasteiger partial charge in [0.05, 0.1) is 17.2 Å². The fraction of sp³-hybridized carbons (Fsp3) is 0. The van der Waals surface area contributed by atoms with E-state index in [-0.39, 0.29) is 11.2 Å². The molecule has 0 aliphatic rings. The maximum Gasteiger partial charge on any atom is 0.336 e. The molecule has 0 atom stereocenters. The van der Waals surface area contributed by atoms with Gasteiger partial charge in [-0.25, -0.2) is 4.79 Å². The highest BCUT2D eigenvalue weighted by Crippen LogP contribution is 2.23. The van der Waals surface area contributed by atoms with Gasteiger partial charge in [-0.05, 0) is 35.9 Å². The summed E-state index contributed by atoms with van der Waals surface area (Å²) >= 11 is 0. The Morgan fingerprint density at radius 2 is 1.81 bits per heavy atom. The van der Waals surface area contributed by atoms with Crippen LogP contribution in [-0.4, -0.2) is 5.97 Å². The highest BCUT2D eigenvalue weighted by molar-refractivity contribution is 5.89. The van der Waals surface area contributed by atoms with Gasteiger partial charge in [0, 0.05) is 12.1 Å². The Kier molecular flexibility index (Phi) is 4.41. The van der Waals surface area contributed by atoms with Crippen LogP contribution >= 0.6 is 0 Å². The van der Waals surface area contributed by atoms with Gasteiger partial charge in [-0.1, -0.05) is 30.3 Å². The van der Waals surface area contributed by atoms with Crippen LogP contribution in [0, 0.1) is 0 Å². The predicted molar refractivity (Wildman–Crippen MR) is 101 cm³/mol. The molecule has 0 aliphatic heterocycles. The summed E-state index contributed by atoms with van der Waals surface area (Å²) in [5, 5.41) is 0.419. The summed E-state index contributed by atoms with van der Waals surface area (Å²) in [6, 6.07) is 17.4. The second-order valence-electron chi connectivity index (χ2n) is 5.77. The molecule has 4 rings (SSSR count). The van der Waals surface area contributed by atoms with E-state index in [1.54, 1.807) is 24.3 Å². The van der Waals surface area contributed by atoms with E-state index in [1.807, 2.05) is 30.3 Å². The monoisotopic (exact) mass is 358 g/mol. The van der Waals surface area contributed by atoms with Gasteiger partial charge >= 0.3 is 5.97 Å². The Morgan fingerprint density at radius 1 is 0.963 bits per heavy atom. The van der Waals surface area contributed by atoms with Gasteiger partial charge < -0.3 is 13.6 Å². The average Bonchev–Trinajstić information content (AvgIpc) is 3.21. The van der Waals surface area contributed by atoms with Crippen LogP contribution in [0.5, 0.6) is 5.75 Å². The quantitative estimate of drug-likeness (QED) is 0.301. The van der Waals surface area contributed by atoms with Crippen LogP contribution in [0.1, 0.15) is 5.76 Å². The molecule has 2 heterocycles. The Balaban J connectivity index is 1.60. The topological polar surface area (TPSA) is 69.7 Å². The molecule has 0 radical (unpaired) electrons. The minimum absolute atomic E-state index is 0.141. The van der Waals surface area contributed by atoms with Crippen molar-refractivity contribution in [3.8, 4) is 16.9 Å². The summed E-state index contributed by atoms with van der Waals surface area (Å²) in [6.45, 7) is 0. The molecule has 0 unspecified atom stereocenters. The van der Waals surface area contributed by atoms with Gasteiger partial charge in [-0.15, -0.1) is 0 Å². The smallest absolute Gasteiger partial charge is 0.336 e. The molecule has 0 amide bonds. The highest BCUT2D eigenvalue weighted by Gasteiger charge is 2.10. The lowest BCUT2D eigenvalue weighted by Gasteiger charge is -2.05. The number of furan rings is 1. The second kappa shape index (κ2) is 7.17. The first-order chi connectivity index (χ1) is 13.2. The second-order valence-corrected chi connectivity index (χ2v) is 5.77. The van der Waals surface area contributed by atoms with E-state index in [9.17, 15) is 9.59 Å². The van der Waals surface area contributed by atoms with Crippen LogP contribution in [0.15, 0.2) is 92.9 Å². The predicted octanol–water partition coefficient (Wildman–Crippen LogP) is 4.67. The van der Waals surface area contributed by atoms with Crippen LogP contribution < -0.4 is 10.2 Å². The molecule has 27 heavy (non-hydrogen) atoms. The van der Waals surface area contributed by atoms with Gasteiger partial charge in [0.25, 0.3) is 0 Å². The largest absolute Gasteiger partial charge is 0.465 e. The molecule has 5 nitrogen and oxygen atoms in total. The molecule has 132 valence electrons. The van der Waals surface area contributed by atoms with Crippen molar-refractivity contribution in [2.24, 2.45) is 0 Å². The van der Waals surface area contributed by atoms with Crippen LogP contribution in [0.25, 0.3) is 28.2 Å². The number of carbonyl (C=O) groups excluding carboxylic acids is 1. The summed E-state index contributed by atoms with van der Waals surface area (Å²) in [6.07, 6.45) is 5.70. The molecule has 0 saturated heterocycles. The average molecular weight is 358 g/mol. The summed E-state index contributed by atoms with van der Waals surface area (Å²) in [5.41, 5.74) is 1.47. The number of benzene rings is 2. The van der Waals surface area contributed by atoms with Crippen molar-refractivity contribution in [1.29, 1.82) is 0 Å². The molecule has 0 aliphatic carbocycles. The molecule has 0 fully saturated rings. The molecule has 0 spiro atoms. The van der Waals surface area contributed by atoms with Crippen molar-refractivity contribution >= 4 is 23.0 Å². The maximum atomic E-state index is 12.7. The lowest BCUT2D eigenvalue weighted by molar-refractivity contribution is -0.128. The summed E-state index contributed by atoms with van der Waals surface area (Å²) < 4.78 is 15.9. The molecular weight excluding hydrogens is 344 g/mol. The fourth-order valence-electron chi connectivity index (χ4n) is 2.68. The van der Waals surface area contributed by atoms with Crippen LogP contribution in [0.3, 0.4) is 0 Å². The molecule has 5 heteroatoms. The number of rotatable bonds is 4. The first-order valence-corrected chi connectivity index (χ1v) is 8.25. The summed E-state index contributed by atoms with van der Waals surface area (Å²) in [4.78, 5) is 24.6. The highest BCUT2D eigenvalue weighted by atomic mass is 16.5. The van der Waals surface area contributed by atoms with Crippen molar-refractivity contribution in [2.75, 3.05) is 0 Å². The minimum atomic E-state index is -0.561. The molecule has 0 N–H and O–H groups in total. The zero-order chi connectivity index (χ0) is 18.6. The molecule has 0 bridgehead atoms. The lowest BCUT2D eigenvalue weighted by Crippen LogP contribution is -2.06. The number of fused-ring (bicyclic) bond motifs is 1. The van der Waals surface area contributed by atoms with E-state index in [4.69, 9.17) is 13.6 Å². The third-order valence-corrected chi connectivity index (χ3v) is 3.98. The van der Waals surface area contributed by atoms with Gasteiger partial charge in [0.1, 0.15) is 23.4 Å². The molecular formula is C22H14O5. The van der Waals surface area contributed by atoms with Gasteiger partial charge in [-0.3, -0.25) is 4.79 Å². The summed E-state index contributed by atoms with van der Waals surface area (Å²) in [7, 11) is 0. The number of hydrogen-bond donors (Lipinski definition) is 0. The van der Waals surface area contributed by atoms with Gasteiger partial charge in [-0.2, -0.15) is 0 Å². The first-order valence-electron chi connectivity index (χ1n) is 8.25. The Morgan fingerprint density at radius 3 is 2.59 bits per heavy atom. The Hall–Kier alpha value is -3.86. The first kappa shape index (κ1) is 16.6. The zero-order valence-electron chi connectivity index (χ0n) is 14.1. The van der Waals surface area contributed by atoms with Gasteiger partial charge in [0.15, 0.2) is 5.43 Å². The van der Waals surface area contributed by atoms with Crippen LogP contribution in [0.2, 0.25) is 0 Å². The Labute approximate surface area is 154 Å². The van der Waals surface area contributed by atoms with Crippen molar-refractivity contribution in [1.82, 2.24) is 0 Å². The summed E-state index contributed by atoms with van der Waals surface area (Å²) in [5.74, 6) is 0.270. The normalized spacial score (nSPS) is 11.1. The van der Waals surface area contributed by atoms with Crippen molar-refractivity contribution < 1.29 is 18.4 Å². The van der Waals surface area contributed by atoms with E-state index >= 15 is 0 Å². The Bertz CT molecular complexity index is 1170. The van der Waals surface area contributed by atoms with Gasteiger partial charge in [0.2, 0.25) is 0 Å². The van der Waals surface area contributed by atoms with E-state index in [1.165, 1.54) is 30.7 Å². The third kappa shape index (κ3) is 3.57. The minimum Gasteiger partial charge on any atom is -0.465 e. The number of carbonyl (C=O) groups is 1. The van der Waals surface area contributed by atoms with Crippen LogP contribution in [-0.2, 0) is 4.79 Å². The molecule has 2 aromatic carbocycles. The lowest BCUT2D eigenvalue weighted by atomic mass is 10.1. The van der Waals surface area contributed by atoms with Crippen LogP contribution in [0.4, 0.5) is 0 Å². The van der Waals surface area contributed by atoms with Crippen molar-refractivity contribution in [3.05, 3.63) is 95.2 Å². The van der Waals surface area contributed by atoms with Crippen molar-refractivity contribution in [2.45, 2.75) is 0 Å². The molecule has 2 aromatic heterocycles. The van der Waals surface area contributed by atoms with E-state index in [2.05, 4.69) is 0 Å². The van der Waals surface area contributed by atoms with E-state index < -0.39 is 5.97 Å². The van der Waals surface area contributed by atoms with Crippen molar-refractivity contribution in [3.63, 3.8) is 0 Å². The third-order valence-electron chi connectivity index (χ3n) is 3.98. The van der Waals surface area contributed by atoms with E-state index in [0.717, 1.165) is 5.56 Å². The molecule has 0 saturated carbocycles.